The van der Waals surface area contributed by atoms with E-state index in [2.05, 4.69) is 0 Å². The van der Waals surface area contributed by atoms with Crippen LogP contribution in [-0.2, 0) is 0 Å². The summed E-state index contributed by atoms with van der Waals surface area (Å²) in [7, 11) is 5.69. The van der Waals surface area contributed by atoms with E-state index in [1.165, 1.54) is 0 Å². The average molecular weight is 235 g/mol. The molecule has 2 N–H and O–H groups in total. The van der Waals surface area contributed by atoms with Crippen LogP contribution >= 0.6 is 0 Å². The quantitative estimate of drug-likeness (QED) is 0.852. The predicted molar refractivity (Wildman–Crippen MR) is 71.4 cm³/mol. The van der Waals surface area contributed by atoms with Crippen LogP contribution in [-0.4, -0.2) is 44.5 Å². The van der Waals surface area contributed by atoms with Crippen molar-refractivity contribution in [1.29, 1.82) is 0 Å². The molecule has 0 spiro atoms. The molecular weight excluding hydrogens is 214 g/mol. The van der Waals surface area contributed by atoms with E-state index in [0.717, 1.165) is 5.69 Å². The van der Waals surface area contributed by atoms with Crippen molar-refractivity contribution in [3.8, 4) is 0 Å². The van der Waals surface area contributed by atoms with Crippen LogP contribution < -0.4 is 10.6 Å². The number of nitrogens with zero attached hydrogens (tertiary/aromatic N) is 2. The van der Waals surface area contributed by atoms with Crippen molar-refractivity contribution in [3.05, 3.63) is 29.8 Å². The van der Waals surface area contributed by atoms with Gasteiger partial charge in [-0.15, -0.1) is 0 Å². The van der Waals surface area contributed by atoms with Gasteiger partial charge in [-0.3, -0.25) is 4.79 Å². The van der Waals surface area contributed by atoms with E-state index < -0.39 is 0 Å². The number of amides is 1. The second kappa shape index (κ2) is 5.68. The number of likely N-dealkylation sites (N-methyl/N-ethyl adjacent to an activating group) is 1. The Balaban J connectivity index is 2.92. The van der Waals surface area contributed by atoms with E-state index in [0.29, 0.717) is 12.1 Å². The zero-order valence-electron chi connectivity index (χ0n) is 11.0. The summed E-state index contributed by atoms with van der Waals surface area (Å²) in [6.07, 6.45) is 0. The molecule has 0 aromatic heterocycles. The smallest absolute Gasteiger partial charge is 0.253 e. The largest absolute Gasteiger partial charge is 0.378 e. The van der Waals surface area contributed by atoms with Crippen LogP contribution in [0.4, 0.5) is 5.69 Å². The Morgan fingerprint density at radius 2 is 2.00 bits per heavy atom. The van der Waals surface area contributed by atoms with Gasteiger partial charge >= 0.3 is 0 Å². The third kappa shape index (κ3) is 3.20. The third-order valence-corrected chi connectivity index (χ3v) is 2.93. The fourth-order valence-electron chi connectivity index (χ4n) is 1.48. The number of rotatable bonds is 4. The number of hydrogen-bond donors (Lipinski definition) is 1. The summed E-state index contributed by atoms with van der Waals surface area (Å²) in [6, 6.07) is 7.63. The van der Waals surface area contributed by atoms with Crippen LogP contribution in [0.15, 0.2) is 24.3 Å². The van der Waals surface area contributed by atoms with Crippen molar-refractivity contribution in [2.24, 2.45) is 5.73 Å². The average Bonchev–Trinajstić information content (AvgIpc) is 2.36. The summed E-state index contributed by atoms with van der Waals surface area (Å²) in [5, 5.41) is 0. The van der Waals surface area contributed by atoms with Crippen LogP contribution in [0.5, 0.6) is 0 Å². The van der Waals surface area contributed by atoms with E-state index in [-0.39, 0.29) is 11.9 Å². The van der Waals surface area contributed by atoms with Gasteiger partial charge in [-0.1, -0.05) is 6.07 Å². The Morgan fingerprint density at radius 3 is 2.53 bits per heavy atom. The molecule has 0 aliphatic heterocycles. The molecule has 1 atom stereocenters. The predicted octanol–water partition coefficient (Wildman–Crippen LogP) is 1.17. The molecule has 1 aromatic carbocycles. The van der Waals surface area contributed by atoms with Crippen molar-refractivity contribution in [1.82, 2.24) is 4.90 Å². The van der Waals surface area contributed by atoms with E-state index in [4.69, 9.17) is 5.73 Å². The highest BCUT2D eigenvalue weighted by molar-refractivity contribution is 5.95. The van der Waals surface area contributed by atoms with Gasteiger partial charge in [0.15, 0.2) is 0 Å². The van der Waals surface area contributed by atoms with Gasteiger partial charge in [0.1, 0.15) is 0 Å². The fourth-order valence-corrected chi connectivity index (χ4v) is 1.48. The summed E-state index contributed by atoms with van der Waals surface area (Å²) in [5.41, 5.74) is 7.28. The van der Waals surface area contributed by atoms with Crippen LogP contribution in [0, 0.1) is 0 Å². The molecule has 0 heterocycles. The molecule has 4 nitrogen and oxygen atoms in total. The van der Waals surface area contributed by atoms with Crippen molar-refractivity contribution in [3.63, 3.8) is 0 Å². The van der Waals surface area contributed by atoms with Crippen molar-refractivity contribution >= 4 is 11.6 Å². The van der Waals surface area contributed by atoms with E-state index in [1.54, 1.807) is 11.9 Å². The second-order valence-corrected chi connectivity index (χ2v) is 4.45. The highest BCUT2D eigenvalue weighted by Crippen LogP contribution is 2.15. The first-order chi connectivity index (χ1) is 7.97. The Hall–Kier alpha value is -1.55. The van der Waals surface area contributed by atoms with Gasteiger partial charge in [0.05, 0.1) is 0 Å². The van der Waals surface area contributed by atoms with Gasteiger partial charge in [-0.25, -0.2) is 0 Å². The number of nitrogens with two attached hydrogens (primary N) is 1. The highest BCUT2D eigenvalue weighted by Gasteiger charge is 2.16. The minimum absolute atomic E-state index is 0.00616. The number of carbonyl (C=O) groups excluding carboxylic acids is 1. The minimum atomic E-state index is 0.00616. The Morgan fingerprint density at radius 1 is 1.35 bits per heavy atom. The van der Waals surface area contributed by atoms with Crippen LogP contribution in [0.3, 0.4) is 0 Å². The molecule has 0 bridgehead atoms. The molecule has 1 amide bonds. The molecule has 94 valence electrons. The van der Waals surface area contributed by atoms with E-state index in [9.17, 15) is 4.79 Å². The minimum Gasteiger partial charge on any atom is -0.378 e. The van der Waals surface area contributed by atoms with Crippen LogP contribution in [0.2, 0.25) is 0 Å². The van der Waals surface area contributed by atoms with Crippen molar-refractivity contribution in [2.75, 3.05) is 32.6 Å². The Kier molecular flexibility index (Phi) is 4.52. The van der Waals surface area contributed by atoms with Gasteiger partial charge in [0, 0.05) is 45.0 Å². The highest BCUT2D eigenvalue weighted by atomic mass is 16.2. The molecular formula is C13H21N3O. The molecule has 0 radical (unpaired) electrons. The Bertz CT molecular complexity index is 390. The monoisotopic (exact) mass is 235 g/mol. The Labute approximate surface area is 103 Å². The molecule has 17 heavy (non-hydrogen) atoms. The number of carbonyl (C=O) groups is 1. The SMILES string of the molecule is CC(CN)N(C)C(=O)c1cccc(N(C)C)c1. The molecule has 0 saturated carbocycles. The summed E-state index contributed by atoms with van der Waals surface area (Å²) >= 11 is 0. The number of benzene rings is 1. The lowest BCUT2D eigenvalue weighted by molar-refractivity contribution is 0.0748. The van der Waals surface area contributed by atoms with Crippen molar-refractivity contribution < 1.29 is 4.79 Å². The molecule has 0 aliphatic rings. The van der Waals surface area contributed by atoms with Gasteiger partial charge in [-0.2, -0.15) is 0 Å². The zero-order chi connectivity index (χ0) is 13.0. The number of hydrogen-bond acceptors (Lipinski definition) is 3. The lowest BCUT2D eigenvalue weighted by Crippen LogP contribution is -2.39. The topological polar surface area (TPSA) is 49.6 Å². The van der Waals surface area contributed by atoms with Gasteiger partial charge in [-0.05, 0) is 25.1 Å². The first kappa shape index (κ1) is 13.5. The number of anilines is 1. The molecule has 1 unspecified atom stereocenters. The molecule has 0 fully saturated rings. The standard InChI is InChI=1S/C13H21N3O/c1-10(9-14)16(4)13(17)11-6-5-7-12(8-11)15(2)3/h5-8,10H,9,14H2,1-4H3. The van der Waals surface area contributed by atoms with E-state index >= 15 is 0 Å². The van der Waals surface area contributed by atoms with Crippen LogP contribution in [0.25, 0.3) is 0 Å². The lowest BCUT2D eigenvalue weighted by Gasteiger charge is -2.24. The summed E-state index contributed by atoms with van der Waals surface area (Å²) in [4.78, 5) is 15.8. The molecule has 4 heteroatoms. The maximum absolute atomic E-state index is 12.2. The van der Waals surface area contributed by atoms with Crippen LogP contribution in [0.1, 0.15) is 17.3 Å². The molecule has 0 aliphatic carbocycles. The van der Waals surface area contributed by atoms with E-state index in [1.807, 2.05) is 50.2 Å². The second-order valence-electron chi connectivity index (χ2n) is 4.45. The first-order valence-electron chi connectivity index (χ1n) is 5.72. The maximum Gasteiger partial charge on any atom is 0.253 e. The van der Waals surface area contributed by atoms with Gasteiger partial charge < -0.3 is 15.5 Å². The van der Waals surface area contributed by atoms with Gasteiger partial charge in [0.2, 0.25) is 0 Å². The normalized spacial score (nSPS) is 12.1. The maximum atomic E-state index is 12.2. The van der Waals surface area contributed by atoms with Crippen molar-refractivity contribution in [2.45, 2.75) is 13.0 Å². The molecule has 0 saturated heterocycles. The lowest BCUT2D eigenvalue weighted by atomic mass is 10.1. The zero-order valence-corrected chi connectivity index (χ0v) is 11.0. The summed E-state index contributed by atoms with van der Waals surface area (Å²) in [6.45, 7) is 2.41. The molecule has 1 rings (SSSR count). The fraction of sp³-hybridized carbons (Fsp3) is 0.462. The third-order valence-electron chi connectivity index (χ3n) is 2.93. The summed E-state index contributed by atoms with van der Waals surface area (Å²) in [5.74, 6) is 0.00616. The summed E-state index contributed by atoms with van der Waals surface area (Å²) < 4.78 is 0. The van der Waals surface area contributed by atoms with Gasteiger partial charge in [0.25, 0.3) is 5.91 Å². The first-order valence-corrected chi connectivity index (χ1v) is 5.72. The molecule has 1 aromatic rings.